The first-order chi connectivity index (χ1) is 14.0. The van der Waals surface area contributed by atoms with Crippen molar-refractivity contribution in [3.8, 4) is 0 Å². The van der Waals surface area contributed by atoms with Gasteiger partial charge in [-0.2, -0.15) is 0 Å². The second-order valence-electron chi connectivity index (χ2n) is 6.68. The van der Waals surface area contributed by atoms with E-state index in [9.17, 15) is 9.59 Å². The van der Waals surface area contributed by atoms with Gasteiger partial charge in [0.15, 0.2) is 0 Å². The van der Waals surface area contributed by atoms with Crippen LogP contribution >= 0.6 is 23.2 Å². The van der Waals surface area contributed by atoms with E-state index in [0.29, 0.717) is 58.6 Å². The number of anilines is 1. The first-order valence-corrected chi connectivity index (χ1v) is 9.91. The fourth-order valence-corrected chi connectivity index (χ4v) is 3.57. The van der Waals surface area contributed by atoms with Gasteiger partial charge in [-0.3, -0.25) is 9.59 Å². The predicted octanol–water partition coefficient (Wildman–Crippen LogP) is 4.39. The van der Waals surface area contributed by atoms with Gasteiger partial charge in [-0.25, -0.2) is 0 Å². The highest BCUT2D eigenvalue weighted by molar-refractivity contribution is 6.42. The number of halogens is 2. The number of nitrogens with zero attached hydrogens (tertiary/aromatic N) is 1. The number of furan rings is 1. The Morgan fingerprint density at radius 2 is 1.79 bits per heavy atom. The van der Waals surface area contributed by atoms with E-state index >= 15 is 0 Å². The molecule has 1 aromatic heterocycles. The zero-order valence-corrected chi connectivity index (χ0v) is 16.9. The Morgan fingerprint density at radius 1 is 1.03 bits per heavy atom. The molecule has 2 aromatic carbocycles. The Labute approximate surface area is 177 Å². The first-order valence-electron chi connectivity index (χ1n) is 9.15. The lowest BCUT2D eigenvalue weighted by molar-refractivity contribution is -0.115. The molecule has 29 heavy (non-hydrogen) atoms. The van der Waals surface area contributed by atoms with Gasteiger partial charge >= 0.3 is 0 Å². The summed E-state index contributed by atoms with van der Waals surface area (Å²) in [7, 11) is 0. The van der Waals surface area contributed by atoms with E-state index in [1.165, 1.54) is 0 Å². The number of carbonyl (C=O) groups excluding carboxylic acids is 2. The Bertz CT molecular complexity index is 1070. The lowest BCUT2D eigenvalue weighted by Crippen LogP contribution is -2.40. The van der Waals surface area contributed by atoms with E-state index in [1.54, 1.807) is 29.2 Å². The third kappa shape index (κ3) is 4.24. The molecule has 6 nitrogen and oxygen atoms in total. The normalized spacial score (nSPS) is 14.2. The van der Waals surface area contributed by atoms with Gasteiger partial charge in [0.05, 0.1) is 29.7 Å². The second kappa shape index (κ2) is 8.45. The average Bonchev–Trinajstić information content (AvgIpc) is 3.09. The standard InChI is InChI=1S/C21H18Cl2N2O4/c22-15-6-5-13(11-16(15)23)12-18(26)24-19-14-3-1-2-4-17(14)29-20(19)21(27)25-7-9-28-10-8-25/h1-6,11H,7-10,12H2,(H,24,26). The molecule has 0 radical (unpaired) electrons. The Hall–Kier alpha value is -2.54. The maximum atomic E-state index is 13.0. The fraction of sp³-hybridized carbons (Fsp3) is 0.238. The van der Waals surface area contributed by atoms with Crippen molar-refractivity contribution in [2.75, 3.05) is 31.6 Å². The molecule has 0 bridgehead atoms. The number of para-hydroxylation sites is 1. The molecular weight excluding hydrogens is 415 g/mol. The van der Waals surface area contributed by atoms with E-state index in [1.807, 2.05) is 18.2 Å². The molecule has 1 aliphatic heterocycles. The van der Waals surface area contributed by atoms with E-state index < -0.39 is 0 Å². The summed E-state index contributed by atoms with van der Waals surface area (Å²) in [4.78, 5) is 27.4. The lowest BCUT2D eigenvalue weighted by Gasteiger charge is -2.26. The van der Waals surface area contributed by atoms with Crippen LogP contribution in [0.2, 0.25) is 10.0 Å². The highest BCUT2D eigenvalue weighted by Gasteiger charge is 2.27. The van der Waals surface area contributed by atoms with Crippen LogP contribution in [0.3, 0.4) is 0 Å². The van der Waals surface area contributed by atoms with Crippen molar-refractivity contribution in [2.24, 2.45) is 0 Å². The molecule has 3 aromatic rings. The van der Waals surface area contributed by atoms with Crippen molar-refractivity contribution in [2.45, 2.75) is 6.42 Å². The minimum absolute atomic E-state index is 0.0849. The maximum Gasteiger partial charge on any atom is 0.291 e. The van der Waals surface area contributed by atoms with Crippen LogP contribution in [0.1, 0.15) is 16.1 Å². The van der Waals surface area contributed by atoms with Gasteiger partial charge in [-0.05, 0) is 29.8 Å². The third-order valence-electron chi connectivity index (χ3n) is 4.70. The van der Waals surface area contributed by atoms with Crippen molar-refractivity contribution < 1.29 is 18.7 Å². The van der Waals surface area contributed by atoms with Crippen LogP contribution in [0.5, 0.6) is 0 Å². The monoisotopic (exact) mass is 432 g/mol. The van der Waals surface area contributed by atoms with Crippen molar-refractivity contribution in [1.82, 2.24) is 4.90 Å². The van der Waals surface area contributed by atoms with E-state index in [-0.39, 0.29) is 24.0 Å². The summed E-state index contributed by atoms with van der Waals surface area (Å²) in [5.74, 6) is -0.434. The first kappa shape index (κ1) is 19.8. The van der Waals surface area contributed by atoms with Crippen molar-refractivity contribution >= 4 is 51.7 Å². The van der Waals surface area contributed by atoms with Crippen LogP contribution < -0.4 is 5.32 Å². The molecule has 0 unspecified atom stereocenters. The van der Waals surface area contributed by atoms with Gasteiger partial charge in [0.1, 0.15) is 11.3 Å². The number of rotatable bonds is 4. The number of hydrogen-bond acceptors (Lipinski definition) is 4. The molecule has 0 saturated carbocycles. The van der Waals surface area contributed by atoms with E-state index in [4.69, 9.17) is 32.4 Å². The molecule has 0 atom stereocenters. The molecule has 4 rings (SSSR count). The SMILES string of the molecule is O=C(Cc1ccc(Cl)c(Cl)c1)Nc1c(C(=O)N2CCOCC2)oc2ccccc12. The predicted molar refractivity (Wildman–Crippen MR) is 112 cm³/mol. The molecule has 2 amide bonds. The largest absolute Gasteiger partial charge is 0.449 e. The van der Waals surface area contributed by atoms with Crippen LogP contribution in [0.4, 0.5) is 5.69 Å². The molecule has 1 saturated heterocycles. The minimum atomic E-state index is -0.286. The van der Waals surface area contributed by atoms with Crippen molar-refractivity contribution in [3.63, 3.8) is 0 Å². The summed E-state index contributed by atoms with van der Waals surface area (Å²) in [6.45, 7) is 1.91. The summed E-state index contributed by atoms with van der Waals surface area (Å²) < 4.78 is 11.1. The molecule has 1 N–H and O–H groups in total. The van der Waals surface area contributed by atoms with Gasteiger partial charge in [-0.15, -0.1) is 0 Å². The summed E-state index contributed by atoms with van der Waals surface area (Å²) in [6.07, 6.45) is 0.0849. The molecule has 0 spiro atoms. The number of ether oxygens (including phenoxy) is 1. The molecule has 1 aliphatic rings. The lowest BCUT2D eigenvalue weighted by atomic mass is 10.1. The summed E-state index contributed by atoms with van der Waals surface area (Å²) in [5.41, 5.74) is 1.63. The van der Waals surface area contributed by atoms with Crippen LogP contribution in [0, 0.1) is 0 Å². The quantitative estimate of drug-likeness (QED) is 0.663. The van der Waals surface area contributed by atoms with Crippen molar-refractivity contribution in [1.29, 1.82) is 0 Å². The zero-order chi connectivity index (χ0) is 20.4. The number of hydrogen-bond donors (Lipinski definition) is 1. The maximum absolute atomic E-state index is 13.0. The molecule has 8 heteroatoms. The summed E-state index contributed by atoms with van der Waals surface area (Å²) in [6, 6.07) is 12.3. The smallest absolute Gasteiger partial charge is 0.291 e. The van der Waals surface area contributed by atoms with E-state index in [0.717, 1.165) is 0 Å². The number of fused-ring (bicyclic) bond motifs is 1. The highest BCUT2D eigenvalue weighted by Crippen LogP contribution is 2.32. The molecule has 1 fully saturated rings. The Morgan fingerprint density at radius 3 is 2.55 bits per heavy atom. The van der Waals surface area contributed by atoms with Crippen molar-refractivity contribution in [3.05, 3.63) is 63.8 Å². The van der Waals surface area contributed by atoms with Gasteiger partial charge in [0, 0.05) is 18.5 Å². The highest BCUT2D eigenvalue weighted by atomic mass is 35.5. The molecule has 0 aliphatic carbocycles. The Kier molecular flexibility index (Phi) is 5.76. The Balaban J connectivity index is 1.62. The average molecular weight is 433 g/mol. The van der Waals surface area contributed by atoms with E-state index in [2.05, 4.69) is 5.32 Å². The van der Waals surface area contributed by atoms with Gasteiger partial charge in [0.2, 0.25) is 11.7 Å². The topological polar surface area (TPSA) is 71.8 Å². The van der Waals surface area contributed by atoms with Gasteiger partial charge < -0.3 is 19.4 Å². The van der Waals surface area contributed by atoms with Gasteiger partial charge in [0.25, 0.3) is 5.91 Å². The fourth-order valence-electron chi connectivity index (χ4n) is 3.25. The zero-order valence-electron chi connectivity index (χ0n) is 15.4. The number of morpholine rings is 1. The van der Waals surface area contributed by atoms with Gasteiger partial charge in [-0.1, -0.05) is 41.4 Å². The third-order valence-corrected chi connectivity index (χ3v) is 5.44. The second-order valence-corrected chi connectivity index (χ2v) is 7.49. The minimum Gasteiger partial charge on any atom is -0.449 e. The molecular formula is C21H18Cl2N2O4. The number of amides is 2. The van der Waals surface area contributed by atoms with Crippen LogP contribution in [-0.2, 0) is 16.0 Å². The van der Waals surface area contributed by atoms with Crippen LogP contribution in [0.15, 0.2) is 46.9 Å². The molecule has 2 heterocycles. The van der Waals surface area contributed by atoms with Crippen LogP contribution in [0.25, 0.3) is 11.0 Å². The summed E-state index contributed by atoms with van der Waals surface area (Å²) in [5, 5.41) is 4.33. The summed E-state index contributed by atoms with van der Waals surface area (Å²) >= 11 is 12.0. The van der Waals surface area contributed by atoms with Crippen LogP contribution in [-0.4, -0.2) is 43.0 Å². The molecule has 150 valence electrons. The number of benzene rings is 2. The number of carbonyl (C=O) groups is 2. The number of nitrogens with one attached hydrogen (secondary N) is 1.